The smallest absolute Gasteiger partial charge is 0.287 e. The number of carbonyl (C=O) groups excluding carboxylic acids is 1. The third kappa shape index (κ3) is 2.76. The Morgan fingerprint density at radius 3 is 2.77 bits per heavy atom. The molecule has 2 aromatic rings. The molecule has 6 heteroatoms. The first-order chi connectivity index (χ1) is 12.6. The molecule has 6 nitrogen and oxygen atoms in total. The highest BCUT2D eigenvalue weighted by atomic mass is 16.7. The largest absolute Gasteiger partial charge is 0.492 e. The first kappa shape index (κ1) is 16.7. The summed E-state index contributed by atoms with van der Waals surface area (Å²) in [5, 5.41) is 3.04. The number of likely N-dealkylation sites (N-methyl/N-ethyl adjacent to an activating group) is 1. The maximum absolute atomic E-state index is 13.1. The summed E-state index contributed by atoms with van der Waals surface area (Å²) in [5.41, 5.74) is 3.93. The van der Waals surface area contributed by atoms with Crippen molar-refractivity contribution >= 4 is 11.6 Å². The lowest BCUT2D eigenvalue weighted by Crippen LogP contribution is -3.11. The van der Waals surface area contributed by atoms with Crippen LogP contribution in [0.2, 0.25) is 0 Å². The van der Waals surface area contributed by atoms with Gasteiger partial charge in [0.25, 0.3) is 5.91 Å². The highest BCUT2D eigenvalue weighted by Gasteiger charge is 2.40. The van der Waals surface area contributed by atoms with E-state index in [9.17, 15) is 4.79 Å². The Labute approximate surface area is 152 Å². The SMILES string of the molecule is COc1c2c(cc3c1[C@H](C(=O)Nc1ccc(C)cc1)[NH+](C)CC3)OCO2. The number of rotatable bonds is 3. The minimum atomic E-state index is -0.371. The minimum Gasteiger partial charge on any atom is -0.492 e. The van der Waals surface area contributed by atoms with Crippen LogP contribution < -0.4 is 24.4 Å². The maximum Gasteiger partial charge on any atom is 0.287 e. The van der Waals surface area contributed by atoms with Crippen LogP contribution in [0.15, 0.2) is 30.3 Å². The van der Waals surface area contributed by atoms with Gasteiger partial charge in [0.05, 0.1) is 26.3 Å². The summed E-state index contributed by atoms with van der Waals surface area (Å²) in [5.74, 6) is 1.84. The van der Waals surface area contributed by atoms with Crippen LogP contribution in [0.3, 0.4) is 0 Å². The molecule has 1 unspecified atom stereocenters. The van der Waals surface area contributed by atoms with Gasteiger partial charge in [0, 0.05) is 12.1 Å². The molecule has 2 heterocycles. The molecule has 2 aliphatic heterocycles. The molecule has 0 spiro atoms. The van der Waals surface area contributed by atoms with Crippen molar-refractivity contribution in [3.05, 3.63) is 47.0 Å². The summed E-state index contributed by atoms with van der Waals surface area (Å²) in [6.45, 7) is 3.06. The van der Waals surface area contributed by atoms with Crippen molar-refractivity contribution in [2.45, 2.75) is 19.4 Å². The molecule has 0 aromatic heterocycles. The quantitative estimate of drug-likeness (QED) is 0.876. The molecule has 2 N–H and O–H groups in total. The predicted octanol–water partition coefficient (Wildman–Crippen LogP) is 1.48. The van der Waals surface area contributed by atoms with Crippen LogP contribution >= 0.6 is 0 Å². The molecule has 0 saturated heterocycles. The highest BCUT2D eigenvalue weighted by Crippen LogP contribution is 2.47. The molecule has 4 rings (SSSR count). The molecule has 0 radical (unpaired) electrons. The van der Waals surface area contributed by atoms with Crippen LogP contribution in [0.25, 0.3) is 0 Å². The second-order valence-corrected chi connectivity index (χ2v) is 6.85. The monoisotopic (exact) mass is 355 g/mol. The van der Waals surface area contributed by atoms with E-state index in [0.717, 1.165) is 40.2 Å². The summed E-state index contributed by atoms with van der Waals surface area (Å²) in [4.78, 5) is 14.3. The zero-order valence-electron chi connectivity index (χ0n) is 15.2. The van der Waals surface area contributed by atoms with E-state index in [4.69, 9.17) is 14.2 Å². The number of amides is 1. The minimum absolute atomic E-state index is 0.0514. The maximum atomic E-state index is 13.1. The van der Waals surface area contributed by atoms with Gasteiger partial charge in [-0.1, -0.05) is 17.7 Å². The molecule has 0 bridgehead atoms. The number of quaternary nitrogens is 1. The number of nitrogens with one attached hydrogen (secondary N) is 2. The van der Waals surface area contributed by atoms with Gasteiger partial charge in [-0.05, 0) is 30.7 Å². The van der Waals surface area contributed by atoms with Gasteiger partial charge < -0.3 is 24.4 Å². The van der Waals surface area contributed by atoms with Crippen molar-refractivity contribution in [2.75, 3.05) is 32.8 Å². The average molecular weight is 355 g/mol. The Bertz CT molecular complexity index is 848. The van der Waals surface area contributed by atoms with Gasteiger partial charge in [0.1, 0.15) is 0 Å². The van der Waals surface area contributed by atoms with Gasteiger partial charge >= 0.3 is 0 Å². The van der Waals surface area contributed by atoms with Crippen LogP contribution in [0.5, 0.6) is 17.2 Å². The fourth-order valence-corrected chi connectivity index (χ4v) is 3.73. The topological polar surface area (TPSA) is 61.2 Å². The fourth-order valence-electron chi connectivity index (χ4n) is 3.73. The number of hydrogen-bond acceptors (Lipinski definition) is 4. The molecule has 1 amide bonds. The molecule has 0 saturated carbocycles. The van der Waals surface area contributed by atoms with Gasteiger partial charge in [-0.15, -0.1) is 0 Å². The number of aryl methyl sites for hydroxylation is 1. The lowest BCUT2D eigenvalue weighted by Gasteiger charge is -2.32. The molecular weight excluding hydrogens is 332 g/mol. The number of ether oxygens (including phenoxy) is 3. The van der Waals surface area contributed by atoms with Crippen LogP contribution in [0.1, 0.15) is 22.7 Å². The van der Waals surface area contributed by atoms with Crippen molar-refractivity contribution in [3.63, 3.8) is 0 Å². The molecule has 2 aromatic carbocycles. The van der Waals surface area contributed by atoms with Gasteiger partial charge in [-0.2, -0.15) is 0 Å². The number of carbonyl (C=O) groups is 1. The van der Waals surface area contributed by atoms with Crippen LogP contribution in [-0.4, -0.2) is 33.4 Å². The van der Waals surface area contributed by atoms with Crippen molar-refractivity contribution in [1.29, 1.82) is 0 Å². The molecule has 2 aliphatic rings. The van der Waals surface area contributed by atoms with Gasteiger partial charge in [-0.25, -0.2) is 0 Å². The summed E-state index contributed by atoms with van der Waals surface area (Å²) >= 11 is 0. The predicted molar refractivity (Wildman–Crippen MR) is 97.1 cm³/mol. The summed E-state index contributed by atoms with van der Waals surface area (Å²) in [6, 6.07) is 9.43. The van der Waals surface area contributed by atoms with E-state index in [0.29, 0.717) is 17.2 Å². The third-order valence-corrected chi connectivity index (χ3v) is 5.10. The Balaban J connectivity index is 1.73. The molecule has 0 fully saturated rings. The Kier molecular flexibility index (Phi) is 4.20. The van der Waals surface area contributed by atoms with E-state index in [-0.39, 0.29) is 18.7 Å². The number of fused-ring (bicyclic) bond motifs is 2. The Morgan fingerprint density at radius 2 is 2.04 bits per heavy atom. The molecular formula is C20H23N2O4+. The van der Waals surface area contributed by atoms with E-state index in [1.54, 1.807) is 7.11 Å². The second-order valence-electron chi connectivity index (χ2n) is 6.85. The van der Waals surface area contributed by atoms with E-state index < -0.39 is 0 Å². The van der Waals surface area contributed by atoms with Crippen molar-refractivity contribution in [1.82, 2.24) is 0 Å². The lowest BCUT2D eigenvalue weighted by atomic mass is 9.90. The first-order valence-corrected chi connectivity index (χ1v) is 8.77. The number of methoxy groups -OCH3 is 1. The summed E-state index contributed by atoms with van der Waals surface area (Å²) < 4.78 is 16.8. The lowest BCUT2D eigenvalue weighted by molar-refractivity contribution is -0.904. The van der Waals surface area contributed by atoms with E-state index >= 15 is 0 Å². The van der Waals surface area contributed by atoms with E-state index in [1.165, 1.54) is 0 Å². The third-order valence-electron chi connectivity index (χ3n) is 5.10. The Hall–Kier alpha value is -2.73. The fraction of sp³-hybridized carbons (Fsp3) is 0.350. The summed E-state index contributed by atoms with van der Waals surface area (Å²) in [7, 11) is 3.64. The van der Waals surface area contributed by atoms with Crippen LogP contribution in [0.4, 0.5) is 5.69 Å². The standard InChI is InChI=1S/C20H22N2O4/c1-12-4-6-14(7-5-12)21-20(23)17-16-13(8-9-22(17)2)10-15-18(19(16)24-3)26-11-25-15/h4-7,10,17H,8-9,11H2,1-3H3,(H,21,23)/p+1/t17-/m1/s1. The normalized spacial score (nSPS) is 20.4. The number of hydrogen-bond donors (Lipinski definition) is 2. The van der Waals surface area contributed by atoms with Crippen molar-refractivity contribution in [3.8, 4) is 17.2 Å². The first-order valence-electron chi connectivity index (χ1n) is 8.77. The summed E-state index contributed by atoms with van der Waals surface area (Å²) in [6.07, 6.45) is 0.864. The molecule has 26 heavy (non-hydrogen) atoms. The van der Waals surface area contributed by atoms with Crippen LogP contribution in [0, 0.1) is 6.92 Å². The zero-order valence-corrected chi connectivity index (χ0v) is 15.2. The molecule has 0 aliphatic carbocycles. The molecule has 136 valence electrons. The number of anilines is 1. The van der Waals surface area contributed by atoms with Crippen molar-refractivity contribution in [2.24, 2.45) is 0 Å². The van der Waals surface area contributed by atoms with Crippen LogP contribution in [-0.2, 0) is 11.2 Å². The highest BCUT2D eigenvalue weighted by molar-refractivity contribution is 5.95. The number of benzene rings is 2. The zero-order chi connectivity index (χ0) is 18.3. The van der Waals surface area contributed by atoms with Gasteiger partial charge in [0.2, 0.25) is 12.5 Å². The van der Waals surface area contributed by atoms with E-state index in [2.05, 4.69) is 5.32 Å². The van der Waals surface area contributed by atoms with Gasteiger partial charge in [0.15, 0.2) is 17.5 Å². The molecule has 2 atom stereocenters. The van der Waals surface area contributed by atoms with Crippen molar-refractivity contribution < 1.29 is 23.9 Å². The second kappa shape index (κ2) is 6.53. The average Bonchev–Trinajstić information content (AvgIpc) is 3.10. The van der Waals surface area contributed by atoms with Gasteiger partial charge in [-0.3, -0.25) is 4.79 Å². The Morgan fingerprint density at radius 1 is 1.27 bits per heavy atom. The van der Waals surface area contributed by atoms with E-state index in [1.807, 2.05) is 44.3 Å².